The molecule has 33 heavy (non-hydrogen) atoms. The van der Waals surface area contributed by atoms with Gasteiger partial charge in [-0.3, -0.25) is 9.89 Å². The minimum atomic E-state index is -0.195. The highest BCUT2D eigenvalue weighted by molar-refractivity contribution is 14.0. The molecule has 0 unspecified atom stereocenters. The standard InChI is InChI=1S/C25H36N6O.HI/c1-19(2)29-25(32)30-23-12-10-21(11-13-23)17-28-24(26-3)27-16-20-6-8-22(9-7-20)18-31-14-4-5-15-31;/h6-13,19H,4-5,14-18H2,1-3H3,(H2,26,27,28)(H2,29,30,32);1H. The number of halogens is 1. The molecule has 2 aromatic rings. The van der Waals surface area contributed by atoms with E-state index in [-0.39, 0.29) is 36.0 Å². The first kappa shape index (κ1) is 26.9. The van der Waals surface area contributed by atoms with Crippen LogP contribution in [0.25, 0.3) is 0 Å². The average Bonchev–Trinajstić information content (AvgIpc) is 3.28. The van der Waals surface area contributed by atoms with Crippen molar-refractivity contribution in [3.63, 3.8) is 0 Å². The summed E-state index contributed by atoms with van der Waals surface area (Å²) >= 11 is 0. The van der Waals surface area contributed by atoms with Gasteiger partial charge in [0.25, 0.3) is 0 Å². The van der Waals surface area contributed by atoms with Crippen LogP contribution < -0.4 is 21.3 Å². The summed E-state index contributed by atoms with van der Waals surface area (Å²) in [6.45, 7) is 8.72. The van der Waals surface area contributed by atoms with Crippen molar-refractivity contribution in [2.24, 2.45) is 4.99 Å². The summed E-state index contributed by atoms with van der Waals surface area (Å²) in [5, 5.41) is 12.3. The Morgan fingerprint density at radius 2 is 1.42 bits per heavy atom. The molecule has 7 nitrogen and oxygen atoms in total. The van der Waals surface area contributed by atoms with Gasteiger partial charge in [0.15, 0.2) is 5.96 Å². The predicted octanol–water partition coefficient (Wildman–Crippen LogP) is 4.30. The van der Waals surface area contributed by atoms with Crippen LogP contribution in [0, 0.1) is 0 Å². The maximum atomic E-state index is 11.8. The topological polar surface area (TPSA) is 80.8 Å². The van der Waals surface area contributed by atoms with Gasteiger partial charge in [-0.05, 0) is 68.6 Å². The molecule has 180 valence electrons. The molecule has 3 rings (SSSR count). The molecule has 0 radical (unpaired) electrons. The van der Waals surface area contributed by atoms with Gasteiger partial charge in [0.1, 0.15) is 0 Å². The lowest BCUT2D eigenvalue weighted by Gasteiger charge is -2.15. The van der Waals surface area contributed by atoms with Crippen LogP contribution in [0.5, 0.6) is 0 Å². The van der Waals surface area contributed by atoms with Gasteiger partial charge in [-0.15, -0.1) is 24.0 Å². The van der Waals surface area contributed by atoms with Gasteiger partial charge in [0, 0.05) is 38.4 Å². The van der Waals surface area contributed by atoms with E-state index < -0.39 is 0 Å². The third-order valence-electron chi connectivity index (χ3n) is 5.40. The fourth-order valence-electron chi connectivity index (χ4n) is 3.69. The second-order valence-corrected chi connectivity index (χ2v) is 8.53. The Bertz CT molecular complexity index is 877. The summed E-state index contributed by atoms with van der Waals surface area (Å²) in [4.78, 5) is 18.6. The van der Waals surface area contributed by atoms with E-state index in [1.807, 2.05) is 38.1 Å². The van der Waals surface area contributed by atoms with Crippen molar-refractivity contribution < 1.29 is 4.79 Å². The number of anilines is 1. The fourth-order valence-corrected chi connectivity index (χ4v) is 3.69. The Balaban J connectivity index is 0.00000385. The van der Waals surface area contributed by atoms with E-state index in [0.29, 0.717) is 6.54 Å². The third kappa shape index (κ3) is 9.59. The van der Waals surface area contributed by atoms with Crippen LogP contribution in [0.15, 0.2) is 53.5 Å². The number of hydrogen-bond donors (Lipinski definition) is 4. The van der Waals surface area contributed by atoms with Gasteiger partial charge >= 0.3 is 6.03 Å². The summed E-state index contributed by atoms with van der Waals surface area (Å²) < 4.78 is 0. The molecular weight excluding hydrogens is 527 g/mol. The van der Waals surface area contributed by atoms with Gasteiger partial charge in [0.05, 0.1) is 0 Å². The molecule has 4 N–H and O–H groups in total. The van der Waals surface area contributed by atoms with Crippen LogP contribution in [0.4, 0.5) is 10.5 Å². The SMILES string of the molecule is CN=C(NCc1ccc(CN2CCCC2)cc1)NCc1ccc(NC(=O)NC(C)C)cc1.I. The molecule has 0 atom stereocenters. The normalized spacial score (nSPS) is 14.0. The molecule has 1 aliphatic rings. The number of benzene rings is 2. The first-order valence-electron chi connectivity index (χ1n) is 11.4. The summed E-state index contributed by atoms with van der Waals surface area (Å²) in [5.74, 6) is 0.754. The highest BCUT2D eigenvalue weighted by atomic mass is 127. The molecule has 0 spiro atoms. The number of carbonyl (C=O) groups excluding carboxylic acids is 1. The second kappa shape index (κ2) is 14.0. The van der Waals surface area contributed by atoms with Crippen molar-refractivity contribution in [3.8, 4) is 0 Å². The van der Waals surface area contributed by atoms with E-state index in [0.717, 1.165) is 30.3 Å². The van der Waals surface area contributed by atoms with E-state index in [9.17, 15) is 4.79 Å². The lowest BCUT2D eigenvalue weighted by molar-refractivity contribution is 0.250. The van der Waals surface area contributed by atoms with Crippen molar-refractivity contribution in [2.45, 2.75) is 52.4 Å². The van der Waals surface area contributed by atoms with Gasteiger partial charge in [-0.1, -0.05) is 36.4 Å². The number of amides is 2. The smallest absolute Gasteiger partial charge is 0.319 e. The molecule has 2 aromatic carbocycles. The molecule has 1 saturated heterocycles. The predicted molar refractivity (Wildman–Crippen MR) is 147 cm³/mol. The Morgan fingerprint density at radius 3 is 1.94 bits per heavy atom. The minimum Gasteiger partial charge on any atom is -0.352 e. The highest BCUT2D eigenvalue weighted by Gasteiger charge is 2.11. The van der Waals surface area contributed by atoms with Crippen LogP contribution in [0.2, 0.25) is 0 Å². The Hall–Kier alpha value is -2.33. The number of nitrogens with one attached hydrogen (secondary N) is 4. The summed E-state index contributed by atoms with van der Waals surface area (Å²) in [6.07, 6.45) is 2.65. The van der Waals surface area contributed by atoms with Crippen LogP contribution in [-0.4, -0.2) is 43.1 Å². The number of hydrogen-bond acceptors (Lipinski definition) is 3. The Morgan fingerprint density at radius 1 is 0.909 bits per heavy atom. The summed E-state index contributed by atoms with van der Waals surface area (Å²) in [6, 6.07) is 16.5. The molecule has 1 aliphatic heterocycles. The maximum Gasteiger partial charge on any atom is 0.319 e. The number of aliphatic imine (C=N–C) groups is 1. The average molecular weight is 565 g/mol. The summed E-state index contributed by atoms with van der Waals surface area (Å²) in [5.41, 5.74) is 4.47. The third-order valence-corrected chi connectivity index (χ3v) is 5.40. The number of carbonyl (C=O) groups is 1. The zero-order valence-electron chi connectivity index (χ0n) is 19.9. The molecule has 0 saturated carbocycles. The van der Waals surface area contributed by atoms with E-state index in [4.69, 9.17) is 0 Å². The van der Waals surface area contributed by atoms with Crippen molar-refractivity contribution in [3.05, 3.63) is 65.2 Å². The number of rotatable bonds is 8. The Labute approximate surface area is 214 Å². The maximum absolute atomic E-state index is 11.8. The van der Waals surface area contributed by atoms with Gasteiger partial charge in [0.2, 0.25) is 0 Å². The van der Waals surface area contributed by atoms with Crippen LogP contribution in [0.1, 0.15) is 43.4 Å². The lowest BCUT2D eigenvalue weighted by Crippen LogP contribution is -2.36. The monoisotopic (exact) mass is 564 g/mol. The van der Waals surface area contributed by atoms with E-state index in [1.165, 1.54) is 37.1 Å². The van der Waals surface area contributed by atoms with E-state index >= 15 is 0 Å². The van der Waals surface area contributed by atoms with Crippen molar-refractivity contribution in [1.29, 1.82) is 0 Å². The number of guanidine groups is 1. The van der Waals surface area contributed by atoms with Crippen molar-refractivity contribution in [1.82, 2.24) is 20.9 Å². The fraction of sp³-hybridized carbons (Fsp3) is 0.440. The zero-order valence-corrected chi connectivity index (χ0v) is 22.2. The Kier molecular flexibility index (Phi) is 11.5. The van der Waals surface area contributed by atoms with Gasteiger partial charge in [-0.2, -0.15) is 0 Å². The largest absolute Gasteiger partial charge is 0.352 e. The molecule has 2 amide bonds. The minimum absolute atomic E-state index is 0. The molecule has 1 fully saturated rings. The molecular formula is C25H37IN6O. The van der Waals surface area contributed by atoms with E-state index in [2.05, 4.69) is 55.4 Å². The zero-order chi connectivity index (χ0) is 22.8. The second-order valence-electron chi connectivity index (χ2n) is 8.53. The number of urea groups is 1. The number of nitrogens with zero attached hydrogens (tertiary/aromatic N) is 2. The van der Waals surface area contributed by atoms with E-state index in [1.54, 1.807) is 7.05 Å². The van der Waals surface area contributed by atoms with Crippen molar-refractivity contribution in [2.75, 3.05) is 25.5 Å². The summed E-state index contributed by atoms with van der Waals surface area (Å²) in [7, 11) is 1.77. The van der Waals surface area contributed by atoms with Crippen LogP contribution in [0.3, 0.4) is 0 Å². The first-order chi connectivity index (χ1) is 15.5. The molecule has 0 aromatic heterocycles. The quantitative estimate of drug-likeness (QED) is 0.219. The van der Waals surface area contributed by atoms with Crippen LogP contribution >= 0.6 is 24.0 Å². The number of likely N-dealkylation sites (tertiary alicyclic amines) is 1. The molecule has 1 heterocycles. The molecule has 8 heteroatoms. The van der Waals surface area contributed by atoms with Gasteiger partial charge in [-0.25, -0.2) is 4.79 Å². The first-order valence-corrected chi connectivity index (χ1v) is 11.4. The van der Waals surface area contributed by atoms with Crippen molar-refractivity contribution >= 4 is 41.7 Å². The highest BCUT2D eigenvalue weighted by Crippen LogP contribution is 2.13. The molecule has 0 bridgehead atoms. The van der Waals surface area contributed by atoms with Crippen LogP contribution in [-0.2, 0) is 19.6 Å². The van der Waals surface area contributed by atoms with Gasteiger partial charge < -0.3 is 21.3 Å². The molecule has 0 aliphatic carbocycles. The lowest BCUT2D eigenvalue weighted by atomic mass is 10.1.